The molecule has 1 aliphatic rings. The highest BCUT2D eigenvalue weighted by molar-refractivity contribution is 7.91. The molecule has 3 heterocycles. The highest BCUT2D eigenvalue weighted by Crippen LogP contribution is 2.41. The summed E-state index contributed by atoms with van der Waals surface area (Å²) in [4.78, 5) is 20.4. The summed E-state index contributed by atoms with van der Waals surface area (Å²) in [6.45, 7) is 7.64. The minimum absolute atomic E-state index is 0.0216. The van der Waals surface area contributed by atoms with Gasteiger partial charge in [0, 0.05) is 48.7 Å². The minimum atomic E-state index is -3.60. The lowest BCUT2D eigenvalue weighted by Gasteiger charge is -2.31. The fourth-order valence-electron chi connectivity index (χ4n) is 7.40. The number of aromatic nitrogens is 4. The van der Waals surface area contributed by atoms with Crippen LogP contribution in [0.25, 0.3) is 22.3 Å². The molecule has 0 spiro atoms. The maximum absolute atomic E-state index is 15.7. The lowest BCUT2D eigenvalue weighted by Crippen LogP contribution is -2.30. The molecule has 0 fully saturated rings. The van der Waals surface area contributed by atoms with Crippen LogP contribution in [0.4, 0.5) is 8.78 Å². The van der Waals surface area contributed by atoms with Gasteiger partial charge in [-0.3, -0.25) is 10.0 Å². The number of hydrogen-bond donors (Lipinski definition) is 2. The highest BCUT2D eigenvalue weighted by Gasteiger charge is 2.36. The third-order valence-corrected chi connectivity index (χ3v) is 12.2. The average Bonchev–Trinajstić information content (AvgIpc) is 3.70. The zero-order chi connectivity index (χ0) is 37.6. The molecule has 0 aliphatic carbocycles. The number of hydroxylamine groups is 2. The normalized spacial score (nSPS) is 19.6. The molecule has 2 N–H and O–H groups in total. The van der Waals surface area contributed by atoms with Crippen molar-refractivity contribution in [3.8, 4) is 22.9 Å². The van der Waals surface area contributed by atoms with Gasteiger partial charge in [-0.2, -0.15) is 5.10 Å². The van der Waals surface area contributed by atoms with E-state index in [1.54, 1.807) is 26.2 Å². The Morgan fingerprint density at radius 2 is 1.87 bits per heavy atom. The van der Waals surface area contributed by atoms with E-state index in [9.17, 15) is 18.4 Å². The molecule has 0 unspecified atom stereocenters. The Labute approximate surface area is 302 Å². The Bertz CT molecular complexity index is 2250. The predicted molar refractivity (Wildman–Crippen MR) is 195 cm³/mol. The molecular weight excluding hydrogens is 689 g/mol. The molecule has 2 atom stereocenters. The lowest BCUT2D eigenvalue weighted by molar-refractivity contribution is -0.163. The van der Waals surface area contributed by atoms with Crippen LogP contribution >= 0.6 is 0 Å². The number of nitrogens with zero attached hydrogens (tertiary/aromatic N) is 4. The number of ether oxygens (including phenoxy) is 1. The third-order valence-electron chi connectivity index (χ3n) is 10.2. The first-order valence-electron chi connectivity index (χ1n) is 17.4. The van der Waals surface area contributed by atoms with Gasteiger partial charge in [0.15, 0.2) is 33.1 Å². The molecule has 0 saturated carbocycles. The van der Waals surface area contributed by atoms with Crippen molar-refractivity contribution in [2.24, 2.45) is 18.4 Å². The number of benzene rings is 3. The molecule has 10 nitrogen and oxygen atoms in total. The second-order valence-electron chi connectivity index (χ2n) is 15.1. The number of carbonyl (C=O) groups excluding carboxylic acids is 1. The summed E-state index contributed by atoms with van der Waals surface area (Å²) >= 11 is 0. The van der Waals surface area contributed by atoms with Crippen LogP contribution in [0.2, 0.25) is 0 Å². The van der Waals surface area contributed by atoms with Crippen LogP contribution in [0, 0.1) is 23.0 Å². The molecular formula is C39H45F2N5O5S. The second kappa shape index (κ2) is 14.1. The number of fused-ring (bicyclic) bond motifs is 8. The summed E-state index contributed by atoms with van der Waals surface area (Å²) in [5.41, 5.74) is 1.38. The van der Waals surface area contributed by atoms with Gasteiger partial charge in [-0.05, 0) is 73.4 Å². The first-order chi connectivity index (χ1) is 24.5. The molecule has 52 heavy (non-hydrogen) atoms. The van der Waals surface area contributed by atoms with Gasteiger partial charge < -0.3 is 9.72 Å². The van der Waals surface area contributed by atoms with Crippen molar-refractivity contribution in [1.82, 2.24) is 24.8 Å². The number of H-pyrrole nitrogens is 1. The van der Waals surface area contributed by atoms with Crippen molar-refractivity contribution < 1.29 is 31.9 Å². The standard InChI is InChI=1S/C39H45F2N5O5S/c1-24(36(47)46(6)48)19-25-9-7-10-26(20-25)39(4)16-8-15-38(2,3)23-52(49,50)18-14-29-28-13-17-42-33(28)22-32(41)34(29)51-27-11-12-31(40)30(21-27)35-43-37(39)44-45(35)5/h7,9-13,17,20-22,24,42,48H,8,14-16,18-19,23H2,1-6H3/t24-,39+/m0/s1. The van der Waals surface area contributed by atoms with Crippen molar-refractivity contribution in [3.63, 3.8) is 0 Å². The number of aryl methyl sites for hydroxylation is 2. The molecule has 3 aromatic carbocycles. The van der Waals surface area contributed by atoms with E-state index in [1.807, 2.05) is 45.0 Å². The lowest BCUT2D eigenvalue weighted by atomic mass is 9.75. The van der Waals surface area contributed by atoms with Crippen LogP contribution in [0.3, 0.4) is 0 Å². The van der Waals surface area contributed by atoms with Gasteiger partial charge >= 0.3 is 0 Å². The number of sulfone groups is 1. The molecule has 1 aliphatic heterocycles. The van der Waals surface area contributed by atoms with Crippen molar-refractivity contribution in [2.45, 2.75) is 65.2 Å². The van der Waals surface area contributed by atoms with E-state index in [2.05, 4.69) is 4.98 Å². The molecule has 0 radical (unpaired) electrons. The number of nitrogens with one attached hydrogen (secondary N) is 1. The average molecular weight is 734 g/mol. The highest BCUT2D eigenvalue weighted by atomic mass is 32.2. The molecule has 4 bridgehead atoms. The molecule has 276 valence electrons. The number of amides is 1. The Morgan fingerprint density at radius 1 is 1.10 bits per heavy atom. The van der Waals surface area contributed by atoms with Gasteiger partial charge in [-0.15, -0.1) is 0 Å². The summed E-state index contributed by atoms with van der Waals surface area (Å²) in [7, 11) is -0.615. The number of halogens is 2. The summed E-state index contributed by atoms with van der Waals surface area (Å²) in [5.74, 6) is -1.69. The monoisotopic (exact) mass is 733 g/mol. The van der Waals surface area contributed by atoms with Crippen LogP contribution in [-0.4, -0.2) is 62.9 Å². The van der Waals surface area contributed by atoms with Crippen LogP contribution in [0.1, 0.15) is 69.5 Å². The summed E-state index contributed by atoms with van der Waals surface area (Å²) < 4.78 is 66.3. The minimum Gasteiger partial charge on any atom is -0.454 e. The van der Waals surface area contributed by atoms with Gasteiger partial charge in [-0.1, -0.05) is 51.5 Å². The molecule has 5 aromatic rings. The van der Waals surface area contributed by atoms with Gasteiger partial charge in [0.1, 0.15) is 11.6 Å². The quantitative estimate of drug-likeness (QED) is 0.144. The van der Waals surface area contributed by atoms with E-state index < -0.39 is 44.1 Å². The van der Waals surface area contributed by atoms with E-state index in [-0.39, 0.29) is 40.8 Å². The number of hydrogen-bond acceptors (Lipinski definition) is 7. The SMILES string of the molecule is C[C@@H](Cc1cccc([C@@]2(C)CCCC(C)(C)CS(=O)(=O)CCc3c(c(F)cc4[nH]ccc34)Oc3ccc(F)c(c3)-c3nc2nn3C)c1)C(=O)N(C)O. The van der Waals surface area contributed by atoms with E-state index in [4.69, 9.17) is 14.8 Å². The first kappa shape index (κ1) is 37.1. The largest absolute Gasteiger partial charge is 0.454 e. The van der Waals surface area contributed by atoms with Gasteiger partial charge in [0.2, 0.25) is 5.91 Å². The molecule has 1 amide bonds. The predicted octanol–water partition coefficient (Wildman–Crippen LogP) is 7.53. The van der Waals surface area contributed by atoms with Crippen LogP contribution in [-0.2, 0) is 39.9 Å². The van der Waals surface area contributed by atoms with E-state index >= 15 is 8.78 Å². The van der Waals surface area contributed by atoms with Crippen LogP contribution in [0.5, 0.6) is 11.5 Å². The zero-order valence-corrected chi connectivity index (χ0v) is 31.2. The first-order valence-corrected chi connectivity index (χ1v) is 19.2. The van der Waals surface area contributed by atoms with Crippen molar-refractivity contribution in [1.29, 1.82) is 0 Å². The van der Waals surface area contributed by atoms with Crippen molar-refractivity contribution >= 4 is 26.6 Å². The van der Waals surface area contributed by atoms with Crippen molar-refractivity contribution in [2.75, 3.05) is 18.6 Å². The summed E-state index contributed by atoms with van der Waals surface area (Å²) in [5, 5.41) is 15.8. The van der Waals surface area contributed by atoms with Crippen LogP contribution < -0.4 is 4.74 Å². The number of aromatic amines is 1. The smallest absolute Gasteiger partial charge is 0.248 e. The third kappa shape index (κ3) is 7.61. The Morgan fingerprint density at radius 3 is 2.62 bits per heavy atom. The van der Waals surface area contributed by atoms with E-state index in [1.165, 1.54) is 36.0 Å². The summed E-state index contributed by atoms with van der Waals surface area (Å²) in [6.07, 6.45) is 3.81. The van der Waals surface area contributed by atoms with Crippen molar-refractivity contribution in [3.05, 3.63) is 94.9 Å². The van der Waals surface area contributed by atoms with Gasteiger partial charge in [-0.25, -0.2) is 31.9 Å². The molecule has 2 aromatic heterocycles. The Kier molecular flexibility index (Phi) is 10.1. The maximum Gasteiger partial charge on any atom is 0.248 e. The van der Waals surface area contributed by atoms with Gasteiger partial charge in [0.05, 0.1) is 22.5 Å². The molecule has 0 saturated heterocycles. The maximum atomic E-state index is 15.7. The Hall–Kier alpha value is -4.62. The fraction of sp³-hybridized carbons (Fsp3) is 0.410. The molecule has 6 rings (SSSR count). The summed E-state index contributed by atoms with van der Waals surface area (Å²) in [6, 6.07) is 14.9. The number of carbonyl (C=O) groups is 1. The zero-order valence-electron chi connectivity index (χ0n) is 30.3. The fourth-order valence-corrected chi connectivity index (χ4v) is 9.39. The van der Waals surface area contributed by atoms with E-state index in [0.29, 0.717) is 53.0 Å². The Balaban J connectivity index is 1.48. The van der Waals surface area contributed by atoms with Crippen LogP contribution in [0.15, 0.2) is 60.8 Å². The second-order valence-corrected chi connectivity index (χ2v) is 17.3. The topological polar surface area (TPSA) is 130 Å². The number of rotatable bonds is 4. The van der Waals surface area contributed by atoms with E-state index in [0.717, 1.165) is 11.1 Å². The van der Waals surface area contributed by atoms with Gasteiger partial charge in [0.25, 0.3) is 0 Å². The molecule has 13 heteroatoms.